The minimum Gasteiger partial charge on any atom is -0.400 e. The van der Waals surface area contributed by atoms with Gasteiger partial charge in [-0.25, -0.2) is 0 Å². The summed E-state index contributed by atoms with van der Waals surface area (Å²) >= 11 is 5.98. The van der Waals surface area contributed by atoms with Crippen LogP contribution in [0.15, 0.2) is 27.0 Å². The van der Waals surface area contributed by atoms with E-state index >= 15 is 0 Å². The van der Waals surface area contributed by atoms with E-state index in [0.717, 1.165) is 0 Å². The fourth-order valence-electron chi connectivity index (χ4n) is 2.87. The van der Waals surface area contributed by atoms with Gasteiger partial charge >= 0.3 is 6.18 Å². The quantitative estimate of drug-likeness (QED) is 0.877. The lowest BCUT2D eigenvalue weighted by Gasteiger charge is -2.35. The Morgan fingerprint density at radius 2 is 2.00 bits per heavy atom. The monoisotopic (exact) mass is 321 g/mol. The van der Waals surface area contributed by atoms with Crippen LogP contribution in [0.25, 0.3) is 0 Å². The Kier molecular flexibility index (Phi) is 3.73. The zero-order valence-electron chi connectivity index (χ0n) is 11.5. The molecule has 0 aromatic carbocycles. The second-order valence-corrected chi connectivity index (χ2v) is 5.66. The molecule has 4 N–H and O–H groups in total. The van der Waals surface area contributed by atoms with E-state index in [1.54, 1.807) is 13.8 Å². The van der Waals surface area contributed by atoms with Crippen LogP contribution in [0.5, 0.6) is 0 Å². The molecule has 1 aromatic heterocycles. The summed E-state index contributed by atoms with van der Waals surface area (Å²) in [5, 5.41) is 3.75. The van der Waals surface area contributed by atoms with Crippen LogP contribution in [0, 0.1) is 13.8 Å². The number of halogens is 4. The molecule has 0 fully saturated rings. The van der Waals surface area contributed by atoms with Gasteiger partial charge in [0.05, 0.1) is 22.8 Å². The Morgan fingerprint density at radius 3 is 2.43 bits per heavy atom. The second kappa shape index (κ2) is 4.98. The van der Waals surface area contributed by atoms with E-state index in [1.807, 2.05) is 0 Å². The van der Waals surface area contributed by atoms with Crippen molar-refractivity contribution in [2.24, 2.45) is 11.5 Å². The molecule has 116 valence electrons. The highest BCUT2D eigenvalue weighted by Gasteiger charge is 2.47. The van der Waals surface area contributed by atoms with Crippen LogP contribution in [0.4, 0.5) is 13.2 Å². The predicted octanol–water partition coefficient (Wildman–Crippen LogP) is 3.14. The number of nitrogens with two attached hydrogens (primary N) is 2. The zero-order chi connectivity index (χ0) is 16.0. The fourth-order valence-corrected chi connectivity index (χ4v) is 3.20. The lowest BCUT2D eigenvalue weighted by molar-refractivity contribution is -0.144. The Morgan fingerprint density at radius 1 is 1.38 bits per heavy atom. The van der Waals surface area contributed by atoms with Gasteiger partial charge in [-0.05, 0) is 13.8 Å². The summed E-state index contributed by atoms with van der Waals surface area (Å²) in [5.41, 5.74) is 11.0. The summed E-state index contributed by atoms with van der Waals surface area (Å²) in [6.07, 6.45) is -4.30. The molecule has 0 amide bonds. The molecule has 4 nitrogen and oxygen atoms in total. The molecule has 0 radical (unpaired) electrons. The van der Waals surface area contributed by atoms with Crippen molar-refractivity contribution in [2.45, 2.75) is 38.3 Å². The third kappa shape index (κ3) is 2.88. The van der Waals surface area contributed by atoms with Crippen molar-refractivity contribution in [3.63, 3.8) is 0 Å². The average Bonchev–Trinajstić information content (AvgIpc) is 2.64. The second-order valence-electron chi connectivity index (χ2n) is 5.26. The highest BCUT2D eigenvalue weighted by atomic mass is 35.5. The van der Waals surface area contributed by atoms with E-state index in [2.05, 4.69) is 5.16 Å². The van der Waals surface area contributed by atoms with E-state index in [-0.39, 0.29) is 22.8 Å². The number of hydrogen-bond acceptors (Lipinski definition) is 4. The van der Waals surface area contributed by atoms with Crippen LogP contribution in [-0.4, -0.2) is 11.3 Å². The van der Waals surface area contributed by atoms with E-state index in [9.17, 15) is 13.2 Å². The van der Waals surface area contributed by atoms with Gasteiger partial charge in [-0.1, -0.05) is 22.8 Å². The van der Waals surface area contributed by atoms with Gasteiger partial charge in [-0.3, -0.25) is 0 Å². The summed E-state index contributed by atoms with van der Waals surface area (Å²) in [5.74, 6) is 0.311. The first kappa shape index (κ1) is 15.8. The lowest BCUT2D eigenvalue weighted by Crippen LogP contribution is -2.36. The maximum Gasteiger partial charge on any atom is 0.390 e. The molecule has 0 aliphatic heterocycles. The van der Waals surface area contributed by atoms with Crippen LogP contribution in [0.1, 0.15) is 29.9 Å². The molecule has 1 atom stereocenters. The lowest BCUT2D eigenvalue weighted by atomic mass is 9.70. The minimum atomic E-state index is -4.41. The fraction of sp³-hybridized carbons (Fsp3) is 0.462. The van der Waals surface area contributed by atoms with E-state index in [4.69, 9.17) is 27.6 Å². The summed E-state index contributed by atoms with van der Waals surface area (Å²) in [4.78, 5) is 0. The van der Waals surface area contributed by atoms with Crippen LogP contribution < -0.4 is 11.5 Å². The molecule has 0 saturated carbocycles. The van der Waals surface area contributed by atoms with Crippen molar-refractivity contribution in [2.75, 3.05) is 0 Å². The third-order valence-electron chi connectivity index (χ3n) is 3.56. The molecule has 0 spiro atoms. The van der Waals surface area contributed by atoms with Crippen LogP contribution in [-0.2, 0) is 5.41 Å². The molecule has 1 aliphatic rings. The first-order chi connectivity index (χ1) is 9.56. The average molecular weight is 322 g/mol. The standard InChI is InChI=1S/C13H15ClF3N3O/c1-6-10(7(2)21-20-6)12(5-13(15,16)17)3-8(14)11(19)9(18)4-12/h3H,4-5,18-19H2,1-2H3. The van der Waals surface area contributed by atoms with E-state index in [0.29, 0.717) is 17.0 Å². The molecule has 0 saturated heterocycles. The van der Waals surface area contributed by atoms with E-state index in [1.165, 1.54) is 6.08 Å². The number of alkyl halides is 3. The topological polar surface area (TPSA) is 78.1 Å². The van der Waals surface area contributed by atoms with Gasteiger partial charge in [0.2, 0.25) is 0 Å². The molecule has 8 heteroatoms. The first-order valence-electron chi connectivity index (χ1n) is 6.19. The van der Waals surface area contributed by atoms with Crippen molar-refractivity contribution < 1.29 is 17.7 Å². The largest absolute Gasteiger partial charge is 0.400 e. The molecule has 1 aliphatic carbocycles. The predicted molar refractivity (Wildman–Crippen MR) is 72.3 cm³/mol. The van der Waals surface area contributed by atoms with Crippen molar-refractivity contribution in [3.05, 3.63) is 39.5 Å². The number of hydrogen-bond donors (Lipinski definition) is 2. The molecule has 1 aromatic rings. The maximum atomic E-state index is 13.1. The van der Waals surface area contributed by atoms with Crippen LogP contribution in [0.2, 0.25) is 0 Å². The van der Waals surface area contributed by atoms with Gasteiger partial charge in [-0.15, -0.1) is 0 Å². The smallest absolute Gasteiger partial charge is 0.390 e. The highest BCUT2D eigenvalue weighted by Crippen LogP contribution is 2.47. The highest BCUT2D eigenvalue weighted by molar-refractivity contribution is 6.32. The third-order valence-corrected chi connectivity index (χ3v) is 3.87. The molecular weight excluding hydrogens is 307 g/mol. The SMILES string of the molecule is Cc1noc(C)c1C1(CC(F)(F)F)C=C(Cl)C(N)=C(N)C1. The molecular formula is C13H15ClF3N3O. The van der Waals surface area contributed by atoms with Crippen LogP contribution >= 0.6 is 11.6 Å². The van der Waals surface area contributed by atoms with Gasteiger partial charge < -0.3 is 16.0 Å². The Labute approximate surface area is 124 Å². The van der Waals surface area contributed by atoms with Crippen molar-refractivity contribution >= 4 is 11.6 Å². The number of allylic oxidation sites excluding steroid dienone is 3. The van der Waals surface area contributed by atoms with Gasteiger partial charge in [0, 0.05) is 23.1 Å². The van der Waals surface area contributed by atoms with Crippen molar-refractivity contribution in [1.29, 1.82) is 0 Å². The molecule has 2 rings (SSSR count). The number of nitrogens with zero attached hydrogens (tertiary/aromatic N) is 1. The Hall–Kier alpha value is -1.63. The summed E-state index contributed by atoms with van der Waals surface area (Å²) < 4.78 is 44.2. The number of aryl methyl sites for hydroxylation is 2. The van der Waals surface area contributed by atoms with Crippen LogP contribution in [0.3, 0.4) is 0 Å². The van der Waals surface area contributed by atoms with Crippen molar-refractivity contribution in [3.8, 4) is 0 Å². The zero-order valence-corrected chi connectivity index (χ0v) is 12.3. The molecule has 0 bridgehead atoms. The normalized spacial score (nSPS) is 23.4. The first-order valence-corrected chi connectivity index (χ1v) is 6.56. The summed E-state index contributed by atoms with van der Waals surface area (Å²) in [7, 11) is 0. The minimum absolute atomic E-state index is 0.0167. The summed E-state index contributed by atoms with van der Waals surface area (Å²) in [6, 6.07) is 0. The Bertz CT molecular complexity index is 614. The Balaban J connectivity index is 2.64. The number of aromatic nitrogens is 1. The molecule has 1 unspecified atom stereocenters. The molecule has 1 heterocycles. The van der Waals surface area contributed by atoms with Gasteiger partial charge in [0.25, 0.3) is 0 Å². The van der Waals surface area contributed by atoms with Gasteiger partial charge in [0.15, 0.2) is 0 Å². The van der Waals surface area contributed by atoms with E-state index < -0.39 is 18.0 Å². The molecule has 21 heavy (non-hydrogen) atoms. The van der Waals surface area contributed by atoms with Crippen molar-refractivity contribution in [1.82, 2.24) is 5.16 Å². The van der Waals surface area contributed by atoms with Gasteiger partial charge in [-0.2, -0.15) is 13.2 Å². The summed E-state index contributed by atoms with van der Waals surface area (Å²) in [6.45, 7) is 3.15. The number of rotatable bonds is 2. The maximum absolute atomic E-state index is 13.1. The van der Waals surface area contributed by atoms with Gasteiger partial charge in [0.1, 0.15) is 5.76 Å².